The van der Waals surface area contributed by atoms with Gasteiger partial charge in [-0.1, -0.05) is 6.08 Å². The Balaban J connectivity index is 2.50. The number of aromatic nitrogens is 4. The van der Waals surface area contributed by atoms with Gasteiger partial charge in [-0.15, -0.1) is 11.8 Å². The number of thioether (sulfide) groups is 1. The molecule has 17 heavy (non-hydrogen) atoms. The molecule has 2 heterocycles. The van der Waals surface area contributed by atoms with E-state index in [4.69, 9.17) is 5.73 Å². The predicted molar refractivity (Wildman–Crippen MR) is 70.7 cm³/mol. The van der Waals surface area contributed by atoms with Gasteiger partial charge in [0.2, 0.25) is 0 Å². The van der Waals surface area contributed by atoms with Crippen molar-refractivity contribution in [2.75, 3.05) is 12.0 Å². The summed E-state index contributed by atoms with van der Waals surface area (Å²) in [6, 6.07) is 3.53. The molecule has 0 saturated carbocycles. The highest BCUT2D eigenvalue weighted by atomic mass is 32.2. The maximum absolute atomic E-state index is 5.78. The number of hydrogen-bond donors (Lipinski definition) is 1. The van der Waals surface area contributed by atoms with Crippen LogP contribution in [0, 0.1) is 0 Å². The van der Waals surface area contributed by atoms with Crippen molar-refractivity contribution in [3.63, 3.8) is 0 Å². The number of nitrogens with zero attached hydrogens (tertiary/aromatic N) is 4. The minimum atomic E-state index is 0.439. The van der Waals surface area contributed by atoms with Crippen LogP contribution in [-0.2, 0) is 0 Å². The number of rotatable bonds is 3. The Morgan fingerprint density at radius 2 is 2.29 bits per heavy atom. The van der Waals surface area contributed by atoms with Gasteiger partial charge < -0.3 is 5.73 Å². The molecule has 2 N–H and O–H groups in total. The molecule has 0 aromatic carbocycles. The minimum Gasteiger partial charge on any atom is -0.384 e. The maximum Gasteiger partial charge on any atom is 0.169 e. The summed E-state index contributed by atoms with van der Waals surface area (Å²) in [4.78, 5) is 9.65. The predicted octanol–water partition coefficient (Wildman–Crippen LogP) is 1.97. The second kappa shape index (κ2) is 5.01. The Hall–Kier alpha value is -1.82. The van der Waals surface area contributed by atoms with Gasteiger partial charge in [-0.25, -0.2) is 14.6 Å². The number of nitrogens with two attached hydrogens (primary N) is 1. The number of allylic oxidation sites excluding steroid dienone is 1. The highest BCUT2D eigenvalue weighted by molar-refractivity contribution is 8.07. The highest BCUT2D eigenvalue weighted by Gasteiger charge is 2.08. The first-order chi connectivity index (χ1) is 8.24. The van der Waals surface area contributed by atoms with Gasteiger partial charge in [-0.2, -0.15) is 5.10 Å². The summed E-state index contributed by atoms with van der Waals surface area (Å²) in [7, 11) is 0. The zero-order valence-corrected chi connectivity index (χ0v) is 10.5. The van der Waals surface area contributed by atoms with Crippen LogP contribution in [0.4, 0.5) is 5.82 Å². The third-order valence-electron chi connectivity index (χ3n) is 2.17. The van der Waals surface area contributed by atoms with Crippen LogP contribution in [-0.4, -0.2) is 26.0 Å². The zero-order valence-electron chi connectivity index (χ0n) is 9.66. The lowest BCUT2D eigenvalue weighted by Crippen LogP contribution is -2.05. The van der Waals surface area contributed by atoms with Crippen LogP contribution in [0.2, 0.25) is 0 Å². The van der Waals surface area contributed by atoms with Crippen LogP contribution in [0.5, 0.6) is 0 Å². The van der Waals surface area contributed by atoms with Gasteiger partial charge in [0.1, 0.15) is 5.82 Å². The molecule has 0 bridgehead atoms. The van der Waals surface area contributed by atoms with E-state index < -0.39 is 0 Å². The van der Waals surface area contributed by atoms with E-state index in [1.807, 2.05) is 31.5 Å². The van der Waals surface area contributed by atoms with Gasteiger partial charge in [0.25, 0.3) is 0 Å². The SMILES string of the molecule is C/C=C(\SC)c1nc(N)cc(-n2cccn2)n1. The monoisotopic (exact) mass is 247 g/mol. The van der Waals surface area contributed by atoms with Crippen molar-refractivity contribution >= 4 is 22.5 Å². The fraction of sp³-hybridized carbons (Fsp3) is 0.182. The Labute approximate surface area is 104 Å². The van der Waals surface area contributed by atoms with Crippen LogP contribution in [0.1, 0.15) is 12.7 Å². The molecule has 0 aliphatic rings. The van der Waals surface area contributed by atoms with Crippen molar-refractivity contribution < 1.29 is 0 Å². The topological polar surface area (TPSA) is 69.6 Å². The fourth-order valence-electron chi connectivity index (χ4n) is 1.42. The molecular formula is C11H13N5S. The van der Waals surface area contributed by atoms with Crippen molar-refractivity contribution in [2.24, 2.45) is 0 Å². The third-order valence-corrected chi connectivity index (χ3v) is 3.03. The number of anilines is 1. The molecule has 0 radical (unpaired) electrons. The second-order valence-electron chi connectivity index (χ2n) is 3.28. The number of hydrogen-bond acceptors (Lipinski definition) is 5. The molecular weight excluding hydrogens is 234 g/mol. The molecule has 0 aliphatic carbocycles. The third kappa shape index (κ3) is 2.47. The highest BCUT2D eigenvalue weighted by Crippen LogP contribution is 2.23. The Kier molecular flexibility index (Phi) is 3.43. The summed E-state index contributed by atoms with van der Waals surface area (Å²) in [5.41, 5.74) is 5.78. The summed E-state index contributed by atoms with van der Waals surface area (Å²) in [6.45, 7) is 1.95. The largest absolute Gasteiger partial charge is 0.384 e. The van der Waals surface area contributed by atoms with Crippen LogP contribution < -0.4 is 5.73 Å². The van der Waals surface area contributed by atoms with Crippen LogP contribution in [0.25, 0.3) is 10.7 Å². The molecule has 2 aromatic heterocycles. The smallest absolute Gasteiger partial charge is 0.169 e. The lowest BCUT2D eigenvalue weighted by molar-refractivity contribution is 0.838. The van der Waals surface area contributed by atoms with Gasteiger partial charge in [-0.3, -0.25) is 0 Å². The van der Waals surface area contributed by atoms with Crippen molar-refractivity contribution in [1.82, 2.24) is 19.7 Å². The second-order valence-corrected chi connectivity index (χ2v) is 4.13. The Morgan fingerprint density at radius 1 is 1.47 bits per heavy atom. The lowest BCUT2D eigenvalue weighted by Gasteiger charge is -2.06. The van der Waals surface area contributed by atoms with E-state index in [0.29, 0.717) is 17.5 Å². The number of nitrogen functional groups attached to an aromatic ring is 1. The van der Waals surface area contributed by atoms with E-state index in [9.17, 15) is 0 Å². The summed E-state index contributed by atoms with van der Waals surface area (Å²) in [5.74, 6) is 1.74. The van der Waals surface area contributed by atoms with E-state index in [1.165, 1.54) is 0 Å². The summed E-state index contributed by atoms with van der Waals surface area (Å²) >= 11 is 1.59. The van der Waals surface area contributed by atoms with Gasteiger partial charge in [-0.05, 0) is 19.2 Å². The van der Waals surface area contributed by atoms with E-state index in [2.05, 4.69) is 15.1 Å². The molecule has 0 amide bonds. The Bertz CT molecular complexity index is 533. The van der Waals surface area contributed by atoms with E-state index in [0.717, 1.165) is 4.91 Å². The molecule has 0 spiro atoms. The van der Waals surface area contributed by atoms with Crippen LogP contribution in [0.15, 0.2) is 30.6 Å². The van der Waals surface area contributed by atoms with Gasteiger partial charge in [0.05, 0.1) is 0 Å². The van der Waals surface area contributed by atoms with Gasteiger partial charge in [0, 0.05) is 23.4 Å². The standard InChI is InChI=1S/C11H13N5S/c1-3-8(17-2)11-14-9(12)7-10(15-11)16-6-4-5-13-16/h3-7H,1-2H3,(H2,12,14,15)/b8-3-. The fourth-order valence-corrected chi connectivity index (χ4v) is 1.93. The average molecular weight is 247 g/mol. The molecule has 2 aromatic rings. The summed E-state index contributed by atoms with van der Waals surface area (Å²) < 4.78 is 1.66. The molecule has 0 saturated heterocycles. The maximum atomic E-state index is 5.78. The Morgan fingerprint density at radius 3 is 2.88 bits per heavy atom. The molecule has 0 aliphatic heterocycles. The minimum absolute atomic E-state index is 0.439. The van der Waals surface area contributed by atoms with Crippen molar-refractivity contribution in [1.29, 1.82) is 0 Å². The average Bonchev–Trinajstić information content (AvgIpc) is 2.83. The first-order valence-electron chi connectivity index (χ1n) is 5.10. The van der Waals surface area contributed by atoms with Gasteiger partial charge >= 0.3 is 0 Å². The normalized spacial score (nSPS) is 11.8. The molecule has 0 fully saturated rings. The van der Waals surface area contributed by atoms with E-state index in [1.54, 1.807) is 28.7 Å². The molecule has 2 rings (SSSR count). The van der Waals surface area contributed by atoms with Crippen LogP contribution >= 0.6 is 11.8 Å². The quantitative estimate of drug-likeness (QED) is 0.898. The molecule has 0 unspecified atom stereocenters. The van der Waals surface area contributed by atoms with Crippen LogP contribution in [0.3, 0.4) is 0 Å². The summed E-state index contributed by atoms with van der Waals surface area (Å²) in [6.07, 6.45) is 7.46. The molecule has 5 nitrogen and oxygen atoms in total. The summed E-state index contributed by atoms with van der Waals surface area (Å²) in [5, 5.41) is 4.12. The zero-order chi connectivity index (χ0) is 12.3. The van der Waals surface area contributed by atoms with Crippen molar-refractivity contribution in [2.45, 2.75) is 6.92 Å². The first-order valence-corrected chi connectivity index (χ1v) is 6.32. The molecule has 88 valence electrons. The van der Waals surface area contributed by atoms with E-state index in [-0.39, 0.29) is 0 Å². The molecule has 6 heteroatoms. The molecule has 0 atom stereocenters. The van der Waals surface area contributed by atoms with Gasteiger partial charge in [0.15, 0.2) is 11.6 Å². The van der Waals surface area contributed by atoms with E-state index >= 15 is 0 Å². The first kappa shape index (κ1) is 11.7. The lowest BCUT2D eigenvalue weighted by atomic mass is 10.4. The van der Waals surface area contributed by atoms with Crippen molar-refractivity contribution in [3.05, 3.63) is 36.4 Å². The van der Waals surface area contributed by atoms with Crippen molar-refractivity contribution in [3.8, 4) is 5.82 Å².